The number of aliphatic imine (C=N–C) groups is 1. The van der Waals surface area contributed by atoms with Crippen molar-refractivity contribution >= 4 is 41.5 Å². The summed E-state index contributed by atoms with van der Waals surface area (Å²) in [7, 11) is 1.60. The van der Waals surface area contributed by atoms with Gasteiger partial charge in [-0.15, -0.1) is 30.4 Å². The lowest BCUT2D eigenvalue weighted by atomic mass is 10.1. The monoisotopic (exact) mass is 480 g/mol. The molecule has 0 saturated carbocycles. The third-order valence-electron chi connectivity index (χ3n) is 3.60. The second-order valence-electron chi connectivity index (χ2n) is 5.47. The van der Waals surface area contributed by atoms with Crippen molar-refractivity contribution in [3.63, 3.8) is 0 Å². The van der Waals surface area contributed by atoms with E-state index in [-0.39, 0.29) is 42.2 Å². The van der Waals surface area contributed by atoms with Crippen molar-refractivity contribution in [2.45, 2.75) is 6.42 Å². The van der Waals surface area contributed by atoms with Gasteiger partial charge in [-0.25, -0.2) is 4.39 Å². The predicted molar refractivity (Wildman–Crippen MR) is 118 cm³/mol. The van der Waals surface area contributed by atoms with Gasteiger partial charge in [-0.05, 0) is 36.2 Å². The van der Waals surface area contributed by atoms with E-state index in [9.17, 15) is 9.18 Å². The lowest BCUT2D eigenvalue weighted by Gasteiger charge is -2.12. The first-order valence-electron chi connectivity index (χ1n) is 8.17. The summed E-state index contributed by atoms with van der Waals surface area (Å²) < 4.78 is 13.6. The van der Waals surface area contributed by atoms with Crippen LogP contribution in [0, 0.1) is 18.2 Å². The second-order valence-corrected chi connectivity index (χ2v) is 5.47. The average molecular weight is 480 g/mol. The molecule has 27 heavy (non-hydrogen) atoms. The molecular weight excluding hydrogens is 458 g/mol. The number of amides is 1. The normalized spacial score (nSPS) is 10.3. The van der Waals surface area contributed by atoms with Crippen molar-refractivity contribution in [3.8, 4) is 12.3 Å². The number of anilines is 1. The summed E-state index contributed by atoms with van der Waals surface area (Å²) in [6, 6.07) is 13.7. The Bertz CT molecular complexity index is 833. The fraction of sp³-hybridized carbons (Fsp3) is 0.200. The molecule has 2 rings (SSSR count). The minimum absolute atomic E-state index is 0. The molecule has 0 aliphatic heterocycles. The van der Waals surface area contributed by atoms with E-state index >= 15 is 0 Å². The van der Waals surface area contributed by atoms with E-state index in [1.807, 2.05) is 0 Å². The molecule has 0 fully saturated rings. The van der Waals surface area contributed by atoms with Crippen LogP contribution in [0.25, 0.3) is 0 Å². The molecule has 1 amide bonds. The molecule has 2 aromatic carbocycles. The fourth-order valence-electron chi connectivity index (χ4n) is 2.29. The zero-order chi connectivity index (χ0) is 18.8. The molecule has 142 valence electrons. The summed E-state index contributed by atoms with van der Waals surface area (Å²) in [6.45, 7) is 0.534. The van der Waals surface area contributed by atoms with Crippen LogP contribution in [-0.4, -0.2) is 32.0 Å². The number of hydrogen-bond acceptors (Lipinski definition) is 2. The summed E-state index contributed by atoms with van der Waals surface area (Å²) in [5.41, 5.74) is 1.96. The van der Waals surface area contributed by atoms with Gasteiger partial charge in [0.25, 0.3) is 0 Å². The van der Waals surface area contributed by atoms with Crippen LogP contribution in [0.15, 0.2) is 53.5 Å². The Morgan fingerprint density at radius 1 is 1.19 bits per heavy atom. The maximum atomic E-state index is 13.6. The fourth-order valence-corrected chi connectivity index (χ4v) is 2.29. The summed E-state index contributed by atoms with van der Waals surface area (Å²) >= 11 is 0. The number of guanidine groups is 1. The van der Waals surface area contributed by atoms with Crippen LogP contribution in [0.3, 0.4) is 0 Å². The summed E-state index contributed by atoms with van der Waals surface area (Å²) in [5, 5.41) is 8.72. The second kappa shape index (κ2) is 11.9. The van der Waals surface area contributed by atoms with Gasteiger partial charge in [0, 0.05) is 24.8 Å². The van der Waals surface area contributed by atoms with Gasteiger partial charge >= 0.3 is 0 Å². The molecule has 0 aliphatic rings. The van der Waals surface area contributed by atoms with E-state index in [1.165, 1.54) is 6.07 Å². The summed E-state index contributed by atoms with van der Waals surface area (Å²) in [6.07, 6.45) is 5.85. The van der Waals surface area contributed by atoms with Gasteiger partial charge in [-0.1, -0.05) is 30.2 Å². The molecule has 5 nitrogen and oxygen atoms in total. The Kier molecular flexibility index (Phi) is 9.90. The van der Waals surface area contributed by atoms with Crippen LogP contribution in [0.5, 0.6) is 0 Å². The van der Waals surface area contributed by atoms with Gasteiger partial charge in [0.05, 0.1) is 6.54 Å². The van der Waals surface area contributed by atoms with Crippen LogP contribution < -0.4 is 16.0 Å². The Balaban J connectivity index is 0.00000364. The first kappa shape index (κ1) is 22.4. The van der Waals surface area contributed by atoms with Crippen molar-refractivity contribution < 1.29 is 9.18 Å². The maximum Gasteiger partial charge on any atom is 0.243 e. The number of carbonyl (C=O) groups excluding carboxylic acids is 1. The smallest absolute Gasteiger partial charge is 0.243 e. The number of benzene rings is 2. The molecule has 0 atom stereocenters. The van der Waals surface area contributed by atoms with Gasteiger partial charge in [0.15, 0.2) is 5.96 Å². The van der Waals surface area contributed by atoms with Gasteiger partial charge < -0.3 is 16.0 Å². The van der Waals surface area contributed by atoms with Gasteiger partial charge in [-0.3, -0.25) is 9.79 Å². The zero-order valence-corrected chi connectivity index (χ0v) is 17.3. The Morgan fingerprint density at radius 3 is 2.67 bits per heavy atom. The van der Waals surface area contributed by atoms with Crippen LogP contribution >= 0.6 is 24.0 Å². The van der Waals surface area contributed by atoms with Crippen LogP contribution in [0.4, 0.5) is 10.1 Å². The Hall–Kier alpha value is -2.60. The number of terminal acetylenes is 1. The highest BCUT2D eigenvalue weighted by Gasteiger charge is 2.05. The molecule has 0 saturated heterocycles. The van der Waals surface area contributed by atoms with E-state index in [0.717, 1.165) is 0 Å². The van der Waals surface area contributed by atoms with Gasteiger partial charge in [0.2, 0.25) is 5.91 Å². The highest BCUT2D eigenvalue weighted by Crippen LogP contribution is 2.09. The van der Waals surface area contributed by atoms with Crippen molar-refractivity contribution in [2.75, 3.05) is 25.5 Å². The van der Waals surface area contributed by atoms with Crippen molar-refractivity contribution in [3.05, 3.63) is 65.5 Å². The molecule has 7 heteroatoms. The minimum atomic E-state index is -0.231. The third-order valence-corrected chi connectivity index (χ3v) is 3.60. The molecular formula is C20H22FIN4O. The van der Waals surface area contributed by atoms with E-state index < -0.39 is 0 Å². The number of halogens is 2. The number of nitrogens with zero attached hydrogens (tertiary/aromatic N) is 1. The molecule has 0 aliphatic carbocycles. The molecule has 2 aromatic rings. The van der Waals surface area contributed by atoms with Crippen LogP contribution in [0.1, 0.15) is 11.1 Å². The standard InChI is InChI=1S/C20H21FN4O.HI/c1-3-15-7-6-9-17(13-15)25-19(26)14-24-20(22-2)23-12-11-16-8-4-5-10-18(16)21;/h1,4-10,13H,11-12,14H2,2H3,(H,25,26)(H2,22,23,24);1H. The van der Waals surface area contributed by atoms with Crippen molar-refractivity contribution in [1.82, 2.24) is 10.6 Å². The molecule has 3 N–H and O–H groups in total. The highest BCUT2D eigenvalue weighted by molar-refractivity contribution is 14.0. The quantitative estimate of drug-likeness (QED) is 0.258. The van der Waals surface area contributed by atoms with Crippen molar-refractivity contribution in [2.24, 2.45) is 4.99 Å². The SMILES string of the molecule is C#Cc1cccc(NC(=O)CNC(=NC)NCCc2ccccc2F)c1.I. The van der Waals surface area contributed by atoms with E-state index in [1.54, 1.807) is 49.5 Å². The average Bonchev–Trinajstić information content (AvgIpc) is 2.66. The molecule has 0 radical (unpaired) electrons. The molecule has 0 heterocycles. The number of rotatable bonds is 6. The number of nitrogens with one attached hydrogen (secondary N) is 3. The lowest BCUT2D eigenvalue weighted by Crippen LogP contribution is -2.42. The Labute approximate surface area is 175 Å². The first-order valence-corrected chi connectivity index (χ1v) is 8.17. The van der Waals surface area contributed by atoms with Crippen LogP contribution in [0.2, 0.25) is 0 Å². The van der Waals surface area contributed by atoms with Gasteiger partial charge in [0.1, 0.15) is 5.82 Å². The molecule has 0 bridgehead atoms. The van der Waals surface area contributed by atoms with Gasteiger partial charge in [-0.2, -0.15) is 0 Å². The number of carbonyl (C=O) groups is 1. The molecule has 0 spiro atoms. The third kappa shape index (κ3) is 7.66. The van der Waals surface area contributed by atoms with Crippen LogP contribution in [-0.2, 0) is 11.2 Å². The molecule has 0 aromatic heterocycles. The topological polar surface area (TPSA) is 65.5 Å². The Morgan fingerprint density at radius 2 is 1.96 bits per heavy atom. The van der Waals surface area contributed by atoms with E-state index in [2.05, 4.69) is 26.9 Å². The predicted octanol–water partition coefficient (Wildman–Crippen LogP) is 2.77. The largest absolute Gasteiger partial charge is 0.356 e. The molecule has 0 unspecified atom stereocenters. The lowest BCUT2D eigenvalue weighted by molar-refractivity contribution is -0.115. The first-order chi connectivity index (χ1) is 12.6. The zero-order valence-electron chi connectivity index (χ0n) is 15.0. The number of hydrogen-bond donors (Lipinski definition) is 3. The van der Waals surface area contributed by atoms with Crippen molar-refractivity contribution in [1.29, 1.82) is 0 Å². The minimum Gasteiger partial charge on any atom is -0.356 e. The maximum absolute atomic E-state index is 13.6. The van der Waals surface area contributed by atoms with E-state index in [0.29, 0.717) is 35.7 Å². The van der Waals surface area contributed by atoms with E-state index in [4.69, 9.17) is 6.42 Å². The highest BCUT2D eigenvalue weighted by atomic mass is 127. The summed E-state index contributed by atoms with van der Waals surface area (Å²) in [4.78, 5) is 16.1. The summed E-state index contributed by atoms with van der Waals surface area (Å²) in [5.74, 6) is 2.53.